The number of carboxylic acids is 3. The summed E-state index contributed by atoms with van der Waals surface area (Å²) in [5.41, 5.74) is -0.293. The maximum absolute atomic E-state index is 10.4. The third-order valence-electron chi connectivity index (χ3n) is 1.37. The van der Waals surface area contributed by atoms with Crippen molar-refractivity contribution in [3.8, 4) is 0 Å². The number of carboxylic acid groups (broad SMARTS) is 3. The molecule has 6 heteroatoms. The molecule has 0 fully saturated rings. The second kappa shape index (κ2) is 5.74. The molecule has 0 atom stereocenters. The van der Waals surface area contributed by atoms with Gasteiger partial charge in [0.25, 0.3) is 0 Å². The summed E-state index contributed by atoms with van der Waals surface area (Å²) < 4.78 is 0. The Morgan fingerprint density at radius 3 is 1.93 bits per heavy atom. The van der Waals surface area contributed by atoms with Gasteiger partial charge in [-0.3, -0.25) is 9.59 Å². The fourth-order valence-corrected chi connectivity index (χ4v) is 0.768. The molecule has 0 bridgehead atoms. The third kappa shape index (κ3) is 5.76. The Kier molecular flexibility index (Phi) is 4.98. The van der Waals surface area contributed by atoms with Gasteiger partial charge in [0.1, 0.15) is 0 Å². The minimum atomic E-state index is -1.34. The Hall–Kier alpha value is -1.85. The summed E-state index contributed by atoms with van der Waals surface area (Å²) in [6, 6.07) is 0. The van der Waals surface area contributed by atoms with Crippen molar-refractivity contribution in [3.63, 3.8) is 0 Å². The minimum Gasteiger partial charge on any atom is -0.481 e. The summed E-state index contributed by atoms with van der Waals surface area (Å²) in [6.07, 6.45) is 0.320. The van der Waals surface area contributed by atoms with Crippen LogP contribution in [0, 0.1) is 0 Å². The fourth-order valence-electron chi connectivity index (χ4n) is 0.768. The molecule has 0 saturated carbocycles. The number of hydrogen-bond donors (Lipinski definition) is 3. The van der Waals surface area contributed by atoms with Gasteiger partial charge in [-0.15, -0.1) is 0 Å². The van der Waals surface area contributed by atoms with Crippen LogP contribution in [-0.4, -0.2) is 33.2 Å². The maximum atomic E-state index is 10.4. The number of carbonyl (C=O) groups is 3. The van der Waals surface area contributed by atoms with E-state index in [0.717, 1.165) is 6.08 Å². The minimum absolute atomic E-state index is 0.0181. The Morgan fingerprint density at radius 2 is 1.57 bits per heavy atom. The number of hydrogen-bond acceptors (Lipinski definition) is 3. The normalized spacial score (nSPS) is 11.0. The molecule has 0 spiro atoms. The van der Waals surface area contributed by atoms with Crippen LogP contribution in [0.2, 0.25) is 0 Å². The third-order valence-corrected chi connectivity index (χ3v) is 1.37. The van der Waals surface area contributed by atoms with Crippen LogP contribution in [-0.2, 0) is 14.4 Å². The van der Waals surface area contributed by atoms with Crippen molar-refractivity contribution in [1.29, 1.82) is 0 Å². The number of aliphatic carboxylic acids is 3. The molecule has 0 aromatic heterocycles. The topological polar surface area (TPSA) is 112 Å². The highest BCUT2D eigenvalue weighted by molar-refractivity contribution is 5.92. The molecule has 0 saturated heterocycles. The van der Waals surface area contributed by atoms with Crippen molar-refractivity contribution in [1.82, 2.24) is 0 Å². The van der Waals surface area contributed by atoms with E-state index in [1.54, 1.807) is 0 Å². The highest BCUT2D eigenvalue weighted by Crippen LogP contribution is 2.04. The lowest BCUT2D eigenvalue weighted by molar-refractivity contribution is -0.139. The van der Waals surface area contributed by atoms with Gasteiger partial charge in [0.2, 0.25) is 0 Å². The quantitative estimate of drug-likeness (QED) is 0.535. The van der Waals surface area contributed by atoms with Crippen LogP contribution in [0.4, 0.5) is 0 Å². The van der Waals surface area contributed by atoms with Crippen LogP contribution in [0.1, 0.15) is 19.3 Å². The van der Waals surface area contributed by atoms with Crippen LogP contribution in [0.15, 0.2) is 11.6 Å². The van der Waals surface area contributed by atoms with Crippen molar-refractivity contribution in [2.45, 2.75) is 19.3 Å². The molecule has 0 heterocycles. The molecule has 78 valence electrons. The van der Waals surface area contributed by atoms with Gasteiger partial charge in [0.05, 0.1) is 6.42 Å². The summed E-state index contributed by atoms with van der Waals surface area (Å²) in [7, 11) is 0. The molecule has 3 N–H and O–H groups in total. The maximum Gasteiger partial charge on any atom is 0.331 e. The van der Waals surface area contributed by atoms with Gasteiger partial charge >= 0.3 is 17.9 Å². The molecular weight excluding hydrogens is 192 g/mol. The predicted octanol–water partition coefficient (Wildman–Crippen LogP) is 0.337. The molecule has 0 unspecified atom stereocenters. The molecule has 14 heavy (non-hydrogen) atoms. The van der Waals surface area contributed by atoms with E-state index in [4.69, 9.17) is 15.3 Å². The molecule has 0 radical (unpaired) electrons. The van der Waals surface area contributed by atoms with Gasteiger partial charge in [-0.1, -0.05) is 6.08 Å². The van der Waals surface area contributed by atoms with Crippen molar-refractivity contribution in [2.75, 3.05) is 0 Å². The van der Waals surface area contributed by atoms with E-state index in [-0.39, 0.29) is 18.4 Å². The summed E-state index contributed by atoms with van der Waals surface area (Å²) >= 11 is 0. The Bertz CT molecular complexity index is 278. The summed E-state index contributed by atoms with van der Waals surface area (Å²) in [4.78, 5) is 30.7. The van der Waals surface area contributed by atoms with Gasteiger partial charge in [-0.05, 0) is 6.42 Å². The molecular formula is C8H10O6. The number of allylic oxidation sites excluding steroid dienone is 1. The van der Waals surface area contributed by atoms with E-state index in [1.165, 1.54) is 0 Å². The number of rotatable bonds is 6. The van der Waals surface area contributed by atoms with Crippen LogP contribution in [0.5, 0.6) is 0 Å². The van der Waals surface area contributed by atoms with Crippen molar-refractivity contribution in [2.24, 2.45) is 0 Å². The van der Waals surface area contributed by atoms with E-state index in [1.807, 2.05) is 0 Å². The molecule has 0 aliphatic rings. The van der Waals surface area contributed by atoms with Crippen molar-refractivity contribution >= 4 is 17.9 Å². The zero-order chi connectivity index (χ0) is 11.1. The molecule has 0 rings (SSSR count). The van der Waals surface area contributed by atoms with Gasteiger partial charge in [-0.2, -0.15) is 0 Å². The first-order valence-electron chi connectivity index (χ1n) is 3.79. The van der Waals surface area contributed by atoms with E-state index in [9.17, 15) is 14.4 Å². The van der Waals surface area contributed by atoms with Gasteiger partial charge < -0.3 is 15.3 Å². The van der Waals surface area contributed by atoms with E-state index < -0.39 is 24.3 Å². The summed E-state index contributed by atoms with van der Waals surface area (Å²) in [5.74, 6) is -3.65. The van der Waals surface area contributed by atoms with E-state index in [2.05, 4.69) is 0 Å². The Labute approximate surface area is 79.5 Å². The highest BCUT2D eigenvalue weighted by atomic mass is 16.4. The molecule has 0 aliphatic carbocycles. The summed E-state index contributed by atoms with van der Waals surface area (Å²) in [5, 5.41) is 25.1. The lowest BCUT2D eigenvalue weighted by Crippen LogP contribution is -2.07. The van der Waals surface area contributed by atoms with Crippen LogP contribution in [0.25, 0.3) is 0 Å². The zero-order valence-corrected chi connectivity index (χ0v) is 7.27. The molecule has 0 aliphatic heterocycles. The average molecular weight is 202 g/mol. The highest BCUT2D eigenvalue weighted by Gasteiger charge is 2.11. The second-order valence-corrected chi connectivity index (χ2v) is 2.54. The Morgan fingerprint density at radius 1 is 1.00 bits per heavy atom. The first-order chi connectivity index (χ1) is 6.43. The molecule has 0 aromatic rings. The molecule has 0 amide bonds. The van der Waals surface area contributed by atoms with Crippen LogP contribution < -0.4 is 0 Å². The zero-order valence-electron chi connectivity index (χ0n) is 7.27. The van der Waals surface area contributed by atoms with Crippen molar-refractivity contribution < 1.29 is 29.7 Å². The van der Waals surface area contributed by atoms with Crippen LogP contribution >= 0.6 is 0 Å². The van der Waals surface area contributed by atoms with E-state index >= 15 is 0 Å². The Balaban J connectivity index is 4.26. The first kappa shape index (κ1) is 12.2. The first-order valence-corrected chi connectivity index (χ1v) is 3.79. The predicted molar refractivity (Wildman–Crippen MR) is 44.8 cm³/mol. The fraction of sp³-hybridized carbons (Fsp3) is 0.375. The lowest BCUT2D eigenvalue weighted by atomic mass is 10.1. The van der Waals surface area contributed by atoms with Crippen LogP contribution in [0.3, 0.4) is 0 Å². The van der Waals surface area contributed by atoms with Crippen molar-refractivity contribution in [3.05, 3.63) is 11.6 Å². The van der Waals surface area contributed by atoms with Gasteiger partial charge in [0, 0.05) is 12.0 Å². The second-order valence-electron chi connectivity index (χ2n) is 2.54. The standard InChI is InChI=1S/C8H10O6/c9-6(10)3-1-2-5(8(13)14)4-7(11)12/h2H,1,3-4H2,(H,9,10)(H,11,12)(H,13,14)/b5-2+. The smallest absolute Gasteiger partial charge is 0.331 e. The lowest BCUT2D eigenvalue weighted by Gasteiger charge is -1.97. The monoisotopic (exact) mass is 202 g/mol. The van der Waals surface area contributed by atoms with E-state index in [0.29, 0.717) is 0 Å². The SMILES string of the molecule is O=C(O)CC/C=C(\CC(=O)O)C(=O)O. The largest absolute Gasteiger partial charge is 0.481 e. The average Bonchev–Trinajstić information content (AvgIpc) is 2.00. The van der Waals surface area contributed by atoms with Gasteiger partial charge in [0.15, 0.2) is 0 Å². The van der Waals surface area contributed by atoms with Gasteiger partial charge in [-0.25, -0.2) is 4.79 Å². The molecule has 0 aromatic carbocycles. The molecule has 6 nitrogen and oxygen atoms in total. The summed E-state index contributed by atoms with van der Waals surface area (Å²) in [6.45, 7) is 0.